The summed E-state index contributed by atoms with van der Waals surface area (Å²) in [6, 6.07) is 4.80. The third kappa shape index (κ3) is 3.91. The highest BCUT2D eigenvalue weighted by molar-refractivity contribution is 5.98. The van der Waals surface area contributed by atoms with E-state index < -0.39 is 5.97 Å². The predicted molar refractivity (Wildman–Crippen MR) is 148 cm³/mol. The van der Waals surface area contributed by atoms with Crippen LogP contribution in [0.2, 0.25) is 0 Å². The number of carboxylic acid groups (broad SMARTS) is 1. The van der Waals surface area contributed by atoms with E-state index in [9.17, 15) is 4.79 Å². The van der Waals surface area contributed by atoms with E-state index in [1.165, 1.54) is 70.1 Å². The number of anilines is 2. The molecule has 0 unspecified atom stereocenters. The Morgan fingerprint density at radius 2 is 1.32 bits per heavy atom. The molecule has 0 saturated carbocycles. The molecule has 0 amide bonds. The quantitative estimate of drug-likeness (QED) is 0.357. The lowest BCUT2D eigenvalue weighted by Crippen LogP contribution is -2.35. The van der Waals surface area contributed by atoms with Crippen LogP contribution in [0.5, 0.6) is 0 Å². The Balaban J connectivity index is 1.45. The van der Waals surface area contributed by atoms with E-state index in [1.54, 1.807) is 0 Å². The second kappa shape index (κ2) is 9.38. The van der Waals surface area contributed by atoms with Crippen molar-refractivity contribution < 1.29 is 14.3 Å². The van der Waals surface area contributed by atoms with Crippen molar-refractivity contribution in [2.75, 3.05) is 42.5 Å². The summed E-state index contributed by atoms with van der Waals surface area (Å²) in [5, 5.41) is 12.5. The summed E-state index contributed by atoms with van der Waals surface area (Å²) in [4.78, 5) is 21.4. The molecule has 0 bridgehead atoms. The third-order valence-electron chi connectivity index (χ3n) is 8.98. The SMILES string of the molecule is O=C(O)CCCCCN=c1c2cc3c4c(c2oc2c5c6c(cc12)CCCN6CCC5)CCCN4CCC3. The van der Waals surface area contributed by atoms with Crippen LogP contribution in [-0.4, -0.2) is 43.8 Å². The number of hydrogen-bond donors (Lipinski definition) is 1. The molecule has 4 aliphatic heterocycles. The molecule has 4 aliphatic rings. The molecule has 37 heavy (non-hydrogen) atoms. The van der Waals surface area contributed by atoms with Crippen molar-refractivity contribution in [2.24, 2.45) is 4.99 Å². The molecule has 5 heterocycles. The fraction of sp³-hybridized carbons (Fsp3) is 0.548. The first-order valence-electron chi connectivity index (χ1n) is 14.5. The monoisotopic (exact) mass is 499 g/mol. The Hall–Kier alpha value is -3.02. The van der Waals surface area contributed by atoms with Crippen LogP contribution in [0.3, 0.4) is 0 Å². The number of carboxylic acids is 1. The molecule has 1 N–H and O–H groups in total. The van der Waals surface area contributed by atoms with E-state index in [4.69, 9.17) is 14.5 Å². The summed E-state index contributed by atoms with van der Waals surface area (Å²) < 4.78 is 7.02. The fourth-order valence-electron chi connectivity index (χ4n) is 7.42. The van der Waals surface area contributed by atoms with E-state index in [-0.39, 0.29) is 6.42 Å². The molecular weight excluding hydrogens is 462 g/mol. The molecular formula is C31H37N3O3. The first-order chi connectivity index (χ1) is 18.2. The number of nitrogens with zero attached hydrogens (tertiary/aromatic N) is 3. The Kier molecular flexibility index (Phi) is 5.86. The predicted octanol–water partition coefficient (Wildman–Crippen LogP) is 5.53. The Morgan fingerprint density at radius 3 is 1.86 bits per heavy atom. The number of fused-ring (bicyclic) bond motifs is 4. The first kappa shape index (κ1) is 23.1. The molecule has 0 radical (unpaired) electrons. The molecule has 0 fully saturated rings. The standard InChI is InChI=1S/C31H37N3O3/c35-26(36)12-2-1-3-13-32-27-24-18-20-8-4-14-33-16-6-10-22(28(20)33)30(24)37-31-23-11-7-17-34-15-5-9-21(29(23)34)19-25(27)31/h18-19H,1-17H2,(H,35,36). The van der Waals surface area contributed by atoms with E-state index in [2.05, 4.69) is 21.9 Å². The summed E-state index contributed by atoms with van der Waals surface area (Å²) >= 11 is 0. The van der Waals surface area contributed by atoms with Crippen LogP contribution in [0, 0.1) is 0 Å². The van der Waals surface area contributed by atoms with Gasteiger partial charge in [-0.3, -0.25) is 9.79 Å². The summed E-state index contributed by atoms with van der Waals surface area (Å²) in [6.07, 6.45) is 12.0. The van der Waals surface area contributed by atoms with Gasteiger partial charge in [0.25, 0.3) is 0 Å². The second-order valence-corrected chi connectivity index (χ2v) is 11.4. The van der Waals surface area contributed by atoms with Gasteiger partial charge in [-0.1, -0.05) is 6.42 Å². The summed E-state index contributed by atoms with van der Waals surface area (Å²) in [5.41, 5.74) is 10.7. The van der Waals surface area contributed by atoms with Gasteiger partial charge in [-0.05, 0) is 87.5 Å². The Morgan fingerprint density at radius 1 is 0.784 bits per heavy atom. The molecule has 0 atom stereocenters. The fourth-order valence-corrected chi connectivity index (χ4v) is 7.42. The molecule has 7 rings (SSSR count). The molecule has 6 heteroatoms. The average Bonchev–Trinajstić information content (AvgIpc) is 2.91. The maximum atomic E-state index is 10.9. The molecule has 0 spiro atoms. The number of carbonyl (C=O) groups is 1. The second-order valence-electron chi connectivity index (χ2n) is 11.4. The average molecular weight is 500 g/mol. The van der Waals surface area contributed by atoms with Crippen molar-refractivity contribution in [1.82, 2.24) is 0 Å². The zero-order valence-electron chi connectivity index (χ0n) is 21.8. The zero-order valence-corrected chi connectivity index (χ0v) is 21.8. The minimum Gasteiger partial charge on any atom is -0.481 e. The van der Waals surface area contributed by atoms with Crippen LogP contribution in [0.15, 0.2) is 21.5 Å². The topological polar surface area (TPSA) is 69.3 Å². The Bertz CT molecular complexity index is 1370. The molecule has 0 aliphatic carbocycles. The number of hydrogen-bond acceptors (Lipinski definition) is 5. The van der Waals surface area contributed by atoms with Gasteiger partial charge in [0.15, 0.2) is 0 Å². The number of unbranched alkanes of at least 4 members (excludes halogenated alkanes) is 2. The number of rotatable bonds is 6. The van der Waals surface area contributed by atoms with Crippen molar-refractivity contribution in [3.63, 3.8) is 0 Å². The smallest absolute Gasteiger partial charge is 0.303 e. The maximum Gasteiger partial charge on any atom is 0.303 e. The normalized spacial score (nSPS) is 18.2. The van der Waals surface area contributed by atoms with Gasteiger partial charge in [-0.2, -0.15) is 0 Å². The van der Waals surface area contributed by atoms with Crippen LogP contribution in [0.4, 0.5) is 11.4 Å². The minimum atomic E-state index is -0.709. The van der Waals surface area contributed by atoms with Gasteiger partial charge in [-0.15, -0.1) is 0 Å². The number of aryl methyl sites for hydroxylation is 4. The number of benzene rings is 2. The van der Waals surface area contributed by atoms with Gasteiger partial charge in [0.05, 0.1) is 5.36 Å². The molecule has 194 valence electrons. The lowest BCUT2D eigenvalue weighted by molar-refractivity contribution is -0.137. The van der Waals surface area contributed by atoms with Gasteiger partial charge in [-0.25, -0.2) is 0 Å². The summed E-state index contributed by atoms with van der Waals surface area (Å²) in [5.74, 6) is -0.709. The van der Waals surface area contributed by atoms with Crippen molar-refractivity contribution in [3.8, 4) is 0 Å². The third-order valence-corrected chi connectivity index (χ3v) is 8.98. The largest absolute Gasteiger partial charge is 0.481 e. The zero-order chi connectivity index (χ0) is 24.9. The van der Waals surface area contributed by atoms with Crippen molar-refractivity contribution in [3.05, 3.63) is 39.7 Å². The molecule has 3 aromatic rings. The van der Waals surface area contributed by atoms with Crippen LogP contribution in [0.1, 0.15) is 73.6 Å². The maximum absolute atomic E-state index is 10.9. The minimum absolute atomic E-state index is 0.244. The van der Waals surface area contributed by atoms with E-state index >= 15 is 0 Å². The van der Waals surface area contributed by atoms with Gasteiger partial charge in [0, 0.05) is 72.4 Å². The van der Waals surface area contributed by atoms with Gasteiger partial charge >= 0.3 is 5.97 Å². The first-order valence-corrected chi connectivity index (χ1v) is 14.5. The van der Waals surface area contributed by atoms with Crippen LogP contribution < -0.4 is 15.2 Å². The highest BCUT2D eigenvalue weighted by Gasteiger charge is 2.30. The van der Waals surface area contributed by atoms with E-state index in [1.807, 2.05) is 0 Å². The summed E-state index contributed by atoms with van der Waals surface area (Å²) in [7, 11) is 0. The van der Waals surface area contributed by atoms with Crippen LogP contribution in [0.25, 0.3) is 21.9 Å². The van der Waals surface area contributed by atoms with Crippen molar-refractivity contribution in [2.45, 2.75) is 77.0 Å². The van der Waals surface area contributed by atoms with Gasteiger partial charge < -0.3 is 19.3 Å². The van der Waals surface area contributed by atoms with Crippen LogP contribution in [-0.2, 0) is 30.5 Å². The van der Waals surface area contributed by atoms with Crippen molar-refractivity contribution >= 4 is 39.3 Å². The lowest BCUT2D eigenvalue weighted by atomic mass is 9.87. The van der Waals surface area contributed by atoms with Gasteiger partial charge in [0.2, 0.25) is 0 Å². The van der Waals surface area contributed by atoms with Crippen LogP contribution >= 0.6 is 0 Å². The molecule has 2 aromatic carbocycles. The molecule has 6 nitrogen and oxygen atoms in total. The number of aliphatic carboxylic acids is 1. The molecule has 0 saturated heterocycles. The molecule has 1 aromatic heterocycles. The van der Waals surface area contributed by atoms with Crippen molar-refractivity contribution in [1.29, 1.82) is 0 Å². The lowest BCUT2D eigenvalue weighted by Gasteiger charge is -2.38. The highest BCUT2D eigenvalue weighted by atomic mass is 16.4. The van der Waals surface area contributed by atoms with E-state index in [0.717, 1.165) is 94.2 Å². The Labute approximate surface area is 218 Å². The summed E-state index contributed by atoms with van der Waals surface area (Å²) in [6.45, 7) is 5.34. The highest BCUT2D eigenvalue weighted by Crippen LogP contribution is 2.43. The van der Waals surface area contributed by atoms with Gasteiger partial charge in [0.1, 0.15) is 11.2 Å². The van der Waals surface area contributed by atoms with E-state index in [0.29, 0.717) is 0 Å².